The number of halogens is 2. The molecule has 1 aromatic carbocycles. The van der Waals surface area contributed by atoms with Gasteiger partial charge in [-0.1, -0.05) is 29.3 Å². The summed E-state index contributed by atoms with van der Waals surface area (Å²) in [5.74, 6) is 0.809. The van der Waals surface area contributed by atoms with Crippen LogP contribution in [0.4, 0.5) is 5.82 Å². The molecule has 7 nitrogen and oxygen atoms in total. The Hall–Kier alpha value is -1.93. The van der Waals surface area contributed by atoms with Gasteiger partial charge in [0.15, 0.2) is 5.65 Å². The van der Waals surface area contributed by atoms with E-state index in [0.29, 0.717) is 33.4 Å². The smallest absolute Gasteiger partial charge is 0.181 e. The third-order valence-corrected chi connectivity index (χ3v) is 6.39. The summed E-state index contributed by atoms with van der Waals surface area (Å²) >= 11 is 12.5. The second-order valence-corrected chi connectivity index (χ2v) is 8.04. The monoisotopic (exact) mass is 420 g/mol. The van der Waals surface area contributed by atoms with E-state index in [-0.39, 0.29) is 12.0 Å². The number of hydrogen-bond acceptors (Lipinski definition) is 6. The fraction of sp³-hybridized carbons (Fsp3) is 0.421. The Balaban J connectivity index is 1.60. The van der Waals surface area contributed by atoms with Crippen molar-refractivity contribution in [3.05, 3.63) is 40.6 Å². The van der Waals surface area contributed by atoms with E-state index in [2.05, 4.69) is 15.0 Å². The minimum atomic E-state index is -0.0724. The number of aliphatic hydroxyl groups is 1. The van der Waals surface area contributed by atoms with Crippen molar-refractivity contribution < 1.29 is 5.11 Å². The zero-order chi connectivity index (χ0) is 19.7. The van der Waals surface area contributed by atoms with Gasteiger partial charge in [-0.3, -0.25) is 0 Å². The number of benzene rings is 1. The van der Waals surface area contributed by atoms with Crippen LogP contribution in [-0.4, -0.2) is 51.1 Å². The quantitative estimate of drug-likeness (QED) is 0.658. The van der Waals surface area contributed by atoms with Crippen molar-refractivity contribution in [3.63, 3.8) is 0 Å². The molecule has 2 aromatic heterocycles. The molecule has 0 unspecified atom stereocenters. The van der Waals surface area contributed by atoms with E-state index in [4.69, 9.17) is 33.9 Å². The lowest BCUT2D eigenvalue weighted by Gasteiger charge is -2.41. The first-order valence-electron chi connectivity index (χ1n) is 9.28. The molecule has 9 heteroatoms. The van der Waals surface area contributed by atoms with Crippen molar-refractivity contribution in [3.8, 4) is 5.69 Å². The summed E-state index contributed by atoms with van der Waals surface area (Å²) in [7, 11) is 0. The van der Waals surface area contributed by atoms with Crippen LogP contribution in [0.5, 0.6) is 0 Å². The molecule has 0 amide bonds. The van der Waals surface area contributed by atoms with Gasteiger partial charge in [-0.15, -0.1) is 0 Å². The molecule has 1 fully saturated rings. The van der Waals surface area contributed by atoms with E-state index in [0.717, 1.165) is 38.2 Å². The van der Waals surface area contributed by atoms with Gasteiger partial charge >= 0.3 is 0 Å². The van der Waals surface area contributed by atoms with Gasteiger partial charge in [0.25, 0.3) is 0 Å². The van der Waals surface area contributed by atoms with Gasteiger partial charge < -0.3 is 15.7 Å². The van der Waals surface area contributed by atoms with Crippen LogP contribution in [0.2, 0.25) is 10.0 Å². The Labute approximate surface area is 173 Å². The average molecular weight is 421 g/mol. The summed E-state index contributed by atoms with van der Waals surface area (Å²) < 4.78 is 1.65. The molecule has 3 heterocycles. The molecule has 0 spiro atoms. The van der Waals surface area contributed by atoms with Crippen molar-refractivity contribution in [2.24, 2.45) is 11.1 Å². The topological polar surface area (TPSA) is 93.1 Å². The van der Waals surface area contributed by atoms with Crippen molar-refractivity contribution in [2.75, 3.05) is 31.1 Å². The average Bonchev–Trinajstić information content (AvgIpc) is 3.14. The molecular formula is C19H22Cl2N6O. The standard InChI is InChI=1S/C19H22Cl2N6O/c20-13-2-1-3-15(17(13)21)27-18-14(10-24-27)25-16(11-23-18)26-8-5-19(12-28,4-7-22)6-9-26/h1-3,10-11,28H,4-9,12,22H2. The molecule has 1 aliphatic rings. The molecule has 4 rings (SSSR count). The highest BCUT2D eigenvalue weighted by Gasteiger charge is 2.33. The van der Waals surface area contributed by atoms with Gasteiger partial charge in [0.1, 0.15) is 11.3 Å². The highest BCUT2D eigenvalue weighted by Crippen LogP contribution is 2.35. The zero-order valence-corrected chi connectivity index (χ0v) is 16.9. The molecule has 148 valence electrons. The van der Waals surface area contributed by atoms with E-state index in [9.17, 15) is 5.11 Å². The first kappa shape index (κ1) is 19.4. The van der Waals surface area contributed by atoms with Gasteiger partial charge in [-0.2, -0.15) is 5.10 Å². The fourth-order valence-electron chi connectivity index (χ4n) is 3.79. The van der Waals surface area contributed by atoms with Gasteiger partial charge in [-0.05, 0) is 43.4 Å². The lowest BCUT2D eigenvalue weighted by molar-refractivity contribution is 0.0894. The van der Waals surface area contributed by atoms with Crippen LogP contribution < -0.4 is 10.6 Å². The molecule has 0 aliphatic carbocycles. The Bertz CT molecular complexity index is 984. The second-order valence-electron chi connectivity index (χ2n) is 7.25. The maximum Gasteiger partial charge on any atom is 0.181 e. The van der Waals surface area contributed by atoms with E-state index in [1.807, 2.05) is 12.1 Å². The van der Waals surface area contributed by atoms with Crippen LogP contribution in [0, 0.1) is 5.41 Å². The number of hydrogen-bond donors (Lipinski definition) is 2. The predicted molar refractivity (Wildman–Crippen MR) is 111 cm³/mol. The van der Waals surface area contributed by atoms with Crippen LogP contribution in [0.3, 0.4) is 0 Å². The maximum atomic E-state index is 9.79. The van der Waals surface area contributed by atoms with Gasteiger partial charge in [0.05, 0.1) is 28.1 Å². The van der Waals surface area contributed by atoms with Crippen molar-refractivity contribution >= 4 is 40.2 Å². The van der Waals surface area contributed by atoms with Crippen molar-refractivity contribution in [1.29, 1.82) is 0 Å². The normalized spacial score (nSPS) is 16.6. The molecule has 0 saturated carbocycles. The molecule has 1 aliphatic heterocycles. The molecule has 0 atom stereocenters. The zero-order valence-electron chi connectivity index (χ0n) is 15.4. The van der Waals surface area contributed by atoms with Gasteiger partial charge in [0.2, 0.25) is 0 Å². The SMILES string of the molecule is NCCC1(CO)CCN(c2cnc3c(cnn3-c3cccc(Cl)c3Cl)n2)CC1. The van der Waals surface area contributed by atoms with Crippen molar-refractivity contribution in [2.45, 2.75) is 19.3 Å². The molecule has 0 bridgehead atoms. The third-order valence-electron chi connectivity index (χ3n) is 5.58. The molecule has 3 aromatic rings. The molecule has 28 heavy (non-hydrogen) atoms. The minimum Gasteiger partial charge on any atom is -0.396 e. The molecule has 1 saturated heterocycles. The Morgan fingerprint density at radius 2 is 1.96 bits per heavy atom. The maximum absolute atomic E-state index is 9.79. The highest BCUT2D eigenvalue weighted by atomic mass is 35.5. The number of nitrogens with zero attached hydrogens (tertiary/aromatic N) is 5. The number of aliphatic hydroxyl groups excluding tert-OH is 1. The summed E-state index contributed by atoms with van der Waals surface area (Å²) in [6, 6.07) is 5.39. The lowest BCUT2D eigenvalue weighted by Crippen LogP contribution is -2.43. The lowest BCUT2D eigenvalue weighted by atomic mass is 9.76. The van der Waals surface area contributed by atoms with E-state index < -0.39 is 0 Å². The van der Waals surface area contributed by atoms with Crippen LogP contribution in [0.25, 0.3) is 16.9 Å². The number of piperidine rings is 1. The Morgan fingerprint density at radius 1 is 1.18 bits per heavy atom. The van der Waals surface area contributed by atoms with Crippen LogP contribution in [0.15, 0.2) is 30.6 Å². The first-order chi connectivity index (χ1) is 13.6. The Kier molecular flexibility index (Phi) is 5.42. The highest BCUT2D eigenvalue weighted by molar-refractivity contribution is 6.43. The van der Waals surface area contributed by atoms with E-state index in [1.54, 1.807) is 23.1 Å². The number of nitrogens with two attached hydrogens (primary N) is 1. The summed E-state index contributed by atoms with van der Waals surface area (Å²) in [6.45, 7) is 2.40. The van der Waals surface area contributed by atoms with Crippen molar-refractivity contribution in [1.82, 2.24) is 19.7 Å². The third kappa shape index (κ3) is 3.43. The summed E-state index contributed by atoms with van der Waals surface area (Å²) in [6.07, 6.45) is 6.05. The summed E-state index contributed by atoms with van der Waals surface area (Å²) in [4.78, 5) is 11.5. The first-order valence-corrected chi connectivity index (χ1v) is 10.0. The van der Waals surface area contributed by atoms with Crippen LogP contribution in [-0.2, 0) is 0 Å². The Morgan fingerprint density at radius 3 is 2.68 bits per heavy atom. The fourth-order valence-corrected chi connectivity index (χ4v) is 4.17. The number of anilines is 1. The largest absolute Gasteiger partial charge is 0.396 e. The van der Waals surface area contributed by atoms with Gasteiger partial charge in [-0.25, -0.2) is 14.6 Å². The van der Waals surface area contributed by atoms with Gasteiger partial charge in [0, 0.05) is 19.7 Å². The van der Waals surface area contributed by atoms with E-state index >= 15 is 0 Å². The number of rotatable bonds is 5. The van der Waals surface area contributed by atoms with Crippen LogP contribution >= 0.6 is 23.2 Å². The summed E-state index contributed by atoms with van der Waals surface area (Å²) in [5.41, 5.74) is 7.63. The van der Waals surface area contributed by atoms with E-state index in [1.165, 1.54) is 0 Å². The molecular weight excluding hydrogens is 399 g/mol. The summed E-state index contributed by atoms with van der Waals surface area (Å²) in [5, 5.41) is 15.1. The second kappa shape index (κ2) is 7.83. The number of fused-ring (bicyclic) bond motifs is 1. The predicted octanol–water partition coefficient (Wildman–Crippen LogP) is 3.05. The number of aromatic nitrogens is 4. The minimum absolute atomic E-state index is 0.0724. The molecule has 0 radical (unpaired) electrons. The molecule has 3 N–H and O–H groups in total. The van der Waals surface area contributed by atoms with Crippen LogP contribution in [0.1, 0.15) is 19.3 Å².